The number of hydrogen-bond donors (Lipinski definition) is 1. The number of alkyl halides is 3. The molecule has 0 unspecified atom stereocenters. The van der Waals surface area contributed by atoms with E-state index in [1.807, 2.05) is 0 Å². The third-order valence-corrected chi connectivity index (χ3v) is 5.40. The van der Waals surface area contributed by atoms with Crippen molar-refractivity contribution in [1.29, 1.82) is 0 Å². The quantitative estimate of drug-likeness (QED) is 0.698. The summed E-state index contributed by atoms with van der Waals surface area (Å²) in [6.45, 7) is 1.87. The molecule has 3 aromatic rings. The van der Waals surface area contributed by atoms with E-state index in [0.717, 1.165) is 19.0 Å². The fourth-order valence-corrected chi connectivity index (χ4v) is 3.70. The van der Waals surface area contributed by atoms with Crippen LogP contribution in [0.25, 0.3) is 11.0 Å². The number of morpholine rings is 1. The zero-order valence-electron chi connectivity index (χ0n) is 16.0. The minimum atomic E-state index is -4.52. The maximum Gasteiger partial charge on any atom is 0.433 e. The first-order chi connectivity index (χ1) is 14.4. The lowest BCUT2D eigenvalue weighted by Crippen LogP contribution is -2.44. The van der Waals surface area contributed by atoms with Crippen molar-refractivity contribution in [2.75, 3.05) is 29.9 Å². The molecule has 0 radical (unpaired) electrons. The molecule has 7 nitrogen and oxygen atoms in total. The molecule has 1 saturated heterocycles. The number of halogens is 3. The second-order valence-corrected chi connectivity index (χ2v) is 7.56. The monoisotopic (exact) mass is 416 g/mol. The van der Waals surface area contributed by atoms with E-state index in [-0.39, 0.29) is 17.7 Å². The van der Waals surface area contributed by atoms with Gasteiger partial charge in [0.25, 0.3) is 0 Å². The summed E-state index contributed by atoms with van der Waals surface area (Å²) in [6.07, 6.45) is 0.280. The molecule has 2 aliphatic rings. The molecule has 0 bridgehead atoms. The highest BCUT2D eigenvalue weighted by Gasteiger charge is 2.48. The molecule has 1 aliphatic heterocycles. The van der Waals surface area contributed by atoms with E-state index in [0.29, 0.717) is 42.5 Å². The second-order valence-electron chi connectivity index (χ2n) is 7.56. The van der Waals surface area contributed by atoms with Gasteiger partial charge in [0.1, 0.15) is 11.5 Å². The summed E-state index contributed by atoms with van der Waals surface area (Å²) in [7, 11) is 0. The number of rotatable bonds is 4. The zero-order valence-corrected chi connectivity index (χ0v) is 16.0. The number of nitrogens with one attached hydrogen (secondary N) is 1. The first kappa shape index (κ1) is 19.0. The first-order valence-electron chi connectivity index (χ1n) is 9.70. The van der Waals surface area contributed by atoms with Crippen molar-refractivity contribution in [2.45, 2.75) is 31.2 Å². The molecule has 4 heterocycles. The average molecular weight is 416 g/mol. The Kier molecular flexibility index (Phi) is 4.46. The van der Waals surface area contributed by atoms with Gasteiger partial charge in [0.05, 0.1) is 17.6 Å². The van der Waals surface area contributed by atoms with Crippen LogP contribution in [-0.2, 0) is 17.5 Å². The van der Waals surface area contributed by atoms with Crippen molar-refractivity contribution < 1.29 is 17.9 Å². The number of nitrogens with zero attached hydrogens (tertiary/aromatic N) is 5. The summed E-state index contributed by atoms with van der Waals surface area (Å²) in [6, 6.07) is 6.43. The summed E-state index contributed by atoms with van der Waals surface area (Å²) in [4.78, 5) is 19.1. The van der Waals surface area contributed by atoms with Crippen molar-refractivity contribution in [3.63, 3.8) is 0 Å². The summed E-state index contributed by atoms with van der Waals surface area (Å²) in [5, 5.41) is 3.69. The SMILES string of the molecule is FC(F)(F)c1ncccc1CNc1nc(N2CCOC3(CC3)C2)nc2ncccc12. The van der Waals surface area contributed by atoms with Crippen LogP contribution in [0.2, 0.25) is 0 Å². The Morgan fingerprint density at radius 3 is 2.70 bits per heavy atom. The molecule has 1 N–H and O–H groups in total. The Labute approximate surface area is 170 Å². The smallest absolute Gasteiger partial charge is 0.371 e. The molecule has 2 fully saturated rings. The Morgan fingerprint density at radius 1 is 1.10 bits per heavy atom. The molecule has 1 spiro atoms. The molecule has 0 aromatic carbocycles. The van der Waals surface area contributed by atoms with Crippen LogP contribution in [0.4, 0.5) is 24.9 Å². The Balaban J connectivity index is 1.47. The van der Waals surface area contributed by atoms with E-state index < -0.39 is 11.9 Å². The third kappa shape index (κ3) is 3.62. The van der Waals surface area contributed by atoms with Gasteiger partial charge in [-0.3, -0.25) is 4.98 Å². The minimum Gasteiger partial charge on any atom is -0.371 e. The van der Waals surface area contributed by atoms with E-state index in [4.69, 9.17) is 4.74 Å². The predicted octanol–water partition coefficient (Wildman–Crippen LogP) is 3.42. The number of anilines is 2. The minimum absolute atomic E-state index is 0.0468. The topological polar surface area (TPSA) is 76.1 Å². The highest BCUT2D eigenvalue weighted by molar-refractivity contribution is 5.87. The number of ether oxygens (including phenoxy) is 1. The molecule has 0 amide bonds. The number of pyridine rings is 2. The van der Waals surface area contributed by atoms with Crippen LogP contribution in [0.5, 0.6) is 0 Å². The summed E-state index contributed by atoms with van der Waals surface area (Å²) in [5.41, 5.74) is -0.474. The van der Waals surface area contributed by atoms with Gasteiger partial charge in [0.2, 0.25) is 5.95 Å². The number of aromatic nitrogens is 4. The van der Waals surface area contributed by atoms with E-state index in [2.05, 4.69) is 30.2 Å². The Morgan fingerprint density at radius 2 is 1.90 bits per heavy atom. The Hall–Kier alpha value is -3.01. The van der Waals surface area contributed by atoms with E-state index in [9.17, 15) is 13.2 Å². The largest absolute Gasteiger partial charge is 0.433 e. The van der Waals surface area contributed by atoms with Crippen LogP contribution in [0.1, 0.15) is 24.1 Å². The molecule has 30 heavy (non-hydrogen) atoms. The van der Waals surface area contributed by atoms with Gasteiger partial charge in [-0.05, 0) is 31.0 Å². The van der Waals surface area contributed by atoms with Crippen molar-refractivity contribution in [2.24, 2.45) is 0 Å². The molecule has 10 heteroatoms. The van der Waals surface area contributed by atoms with Crippen molar-refractivity contribution in [3.8, 4) is 0 Å². The van der Waals surface area contributed by atoms with Gasteiger partial charge in [-0.1, -0.05) is 6.07 Å². The van der Waals surface area contributed by atoms with Crippen LogP contribution >= 0.6 is 0 Å². The molecule has 1 aliphatic carbocycles. The molecule has 1 saturated carbocycles. The van der Waals surface area contributed by atoms with Gasteiger partial charge in [-0.2, -0.15) is 23.1 Å². The Bertz CT molecular complexity index is 1090. The molecular formula is C20H19F3N6O. The molecule has 0 atom stereocenters. The van der Waals surface area contributed by atoms with Gasteiger partial charge in [0, 0.05) is 37.6 Å². The van der Waals surface area contributed by atoms with Crippen LogP contribution in [-0.4, -0.2) is 45.2 Å². The fourth-order valence-electron chi connectivity index (χ4n) is 3.70. The molecule has 3 aromatic heterocycles. The van der Waals surface area contributed by atoms with Gasteiger partial charge in [-0.25, -0.2) is 4.98 Å². The lowest BCUT2D eigenvalue weighted by atomic mass is 10.2. The molecule has 156 valence electrons. The lowest BCUT2D eigenvalue weighted by molar-refractivity contribution is -0.141. The standard InChI is InChI=1S/C20H19F3N6O/c21-20(22,23)15-13(3-1-7-24-15)11-26-17-14-4-2-8-25-16(14)27-18(28-17)29-9-10-30-19(12-29)5-6-19/h1-4,7-8H,5-6,9-12H2,(H,25,26,27,28). The molecule has 5 rings (SSSR count). The second kappa shape index (κ2) is 7.05. The van der Waals surface area contributed by atoms with E-state index in [1.54, 1.807) is 18.3 Å². The highest BCUT2D eigenvalue weighted by atomic mass is 19.4. The van der Waals surface area contributed by atoms with Gasteiger partial charge >= 0.3 is 6.18 Å². The van der Waals surface area contributed by atoms with Gasteiger partial charge in [-0.15, -0.1) is 0 Å². The maximum absolute atomic E-state index is 13.3. The summed E-state index contributed by atoms with van der Waals surface area (Å²) >= 11 is 0. The summed E-state index contributed by atoms with van der Waals surface area (Å²) in [5.74, 6) is 0.942. The maximum atomic E-state index is 13.3. The van der Waals surface area contributed by atoms with Crippen LogP contribution in [0, 0.1) is 0 Å². The first-order valence-corrected chi connectivity index (χ1v) is 9.70. The molecular weight excluding hydrogens is 397 g/mol. The van der Waals surface area contributed by atoms with Crippen molar-refractivity contribution in [3.05, 3.63) is 47.9 Å². The van der Waals surface area contributed by atoms with E-state index in [1.165, 1.54) is 12.1 Å². The fraction of sp³-hybridized carbons (Fsp3) is 0.400. The highest BCUT2D eigenvalue weighted by Crippen LogP contribution is 2.42. The lowest BCUT2D eigenvalue weighted by Gasteiger charge is -2.33. The van der Waals surface area contributed by atoms with Crippen molar-refractivity contribution >= 4 is 22.8 Å². The van der Waals surface area contributed by atoms with Gasteiger partial charge < -0.3 is 15.0 Å². The van der Waals surface area contributed by atoms with Crippen LogP contribution < -0.4 is 10.2 Å². The number of hydrogen-bond acceptors (Lipinski definition) is 7. The van der Waals surface area contributed by atoms with Crippen LogP contribution in [0.15, 0.2) is 36.7 Å². The van der Waals surface area contributed by atoms with Gasteiger partial charge in [0.15, 0.2) is 5.65 Å². The van der Waals surface area contributed by atoms with Crippen LogP contribution in [0.3, 0.4) is 0 Å². The van der Waals surface area contributed by atoms with Crippen molar-refractivity contribution in [1.82, 2.24) is 19.9 Å². The predicted molar refractivity (Wildman–Crippen MR) is 104 cm³/mol. The summed E-state index contributed by atoms with van der Waals surface area (Å²) < 4.78 is 45.7. The third-order valence-electron chi connectivity index (χ3n) is 5.40. The average Bonchev–Trinajstić information content (AvgIpc) is 3.49. The van der Waals surface area contributed by atoms with E-state index >= 15 is 0 Å². The number of fused-ring (bicyclic) bond motifs is 1. The normalized spacial score (nSPS) is 18.0. The zero-order chi connectivity index (χ0) is 20.8.